The molecular formula is C30H23F2N3O7. The first-order valence-corrected chi connectivity index (χ1v) is 12.7. The Bertz CT molecular complexity index is 1630. The van der Waals surface area contributed by atoms with Crippen LogP contribution in [0.15, 0.2) is 108 Å². The predicted octanol–water partition coefficient (Wildman–Crippen LogP) is 4.11. The topological polar surface area (TPSA) is 126 Å². The van der Waals surface area contributed by atoms with E-state index in [1.165, 1.54) is 36.4 Å². The van der Waals surface area contributed by atoms with Crippen LogP contribution in [0.3, 0.4) is 0 Å². The third-order valence-corrected chi connectivity index (χ3v) is 6.34. The van der Waals surface area contributed by atoms with E-state index in [4.69, 9.17) is 14.2 Å². The smallest absolute Gasteiger partial charge is 0.351 e. The highest BCUT2D eigenvalue weighted by Crippen LogP contribution is 2.44. The molecule has 0 saturated carbocycles. The van der Waals surface area contributed by atoms with Crippen LogP contribution in [0.5, 0.6) is 0 Å². The normalized spacial score (nSPS) is 19.0. The maximum atomic E-state index is 15.8. The fourth-order valence-corrected chi connectivity index (χ4v) is 4.26. The molecule has 3 aromatic carbocycles. The van der Waals surface area contributed by atoms with Gasteiger partial charge in [-0.05, 0) is 42.5 Å². The number of rotatable bonds is 8. The zero-order valence-electron chi connectivity index (χ0n) is 21.8. The summed E-state index contributed by atoms with van der Waals surface area (Å²) in [6.07, 6.45) is -5.17. The molecule has 1 saturated heterocycles. The van der Waals surface area contributed by atoms with Gasteiger partial charge in [0.05, 0.1) is 11.1 Å². The molecule has 0 aliphatic carbocycles. The molecule has 3 atom stereocenters. The Hall–Kier alpha value is -5.23. The number of aromatic nitrogens is 2. The lowest BCUT2D eigenvalue weighted by Crippen LogP contribution is -2.44. The van der Waals surface area contributed by atoms with E-state index < -0.39 is 54.5 Å². The van der Waals surface area contributed by atoms with Gasteiger partial charge >= 0.3 is 23.6 Å². The minimum Gasteiger partial charge on any atom is -0.459 e. The van der Waals surface area contributed by atoms with Crippen LogP contribution in [0.1, 0.15) is 37.3 Å². The van der Waals surface area contributed by atoms with E-state index in [0.717, 1.165) is 12.3 Å². The van der Waals surface area contributed by atoms with Crippen LogP contribution in [0, 0.1) is 0 Å². The monoisotopic (exact) mass is 575 g/mol. The molecule has 5 rings (SSSR count). The minimum absolute atomic E-state index is 0.00845. The first kappa shape index (κ1) is 28.3. The highest BCUT2D eigenvalue weighted by Gasteiger charge is 2.63. The van der Waals surface area contributed by atoms with E-state index in [2.05, 4.69) is 10.3 Å². The van der Waals surface area contributed by atoms with Crippen molar-refractivity contribution in [3.05, 3.63) is 130 Å². The SMILES string of the molecule is O=C(Nc1ccn([C@@H]2O[C@H](COC(=O)c3ccccc3)[C@@H](OC(=O)c3ccccc3)C2(F)F)c(=O)n1)c1ccccc1. The number of carbonyl (C=O) groups excluding carboxylic acids is 3. The lowest BCUT2D eigenvalue weighted by atomic mass is 10.1. The lowest BCUT2D eigenvalue weighted by Gasteiger charge is -2.24. The number of ether oxygens (including phenoxy) is 3. The van der Waals surface area contributed by atoms with Crippen molar-refractivity contribution in [2.75, 3.05) is 11.9 Å². The van der Waals surface area contributed by atoms with E-state index in [0.29, 0.717) is 10.1 Å². The molecule has 12 heteroatoms. The highest BCUT2D eigenvalue weighted by atomic mass is 19.3. The van der Waals surface area contributed by atoms with E-state index in [9.17, 15) is 19.2 Å². The van der Waals surface area contributed by atoms with Gasteiger partial charge in [-0.15, -0.1) is 0 Å². The van der Waals surface area contributed by atoms with Crippen molar-refractivity contribution in [1.82, 2.24) is 9.55 Å². The van der Waals surface area contributed by atoms with E-state index in [1.54, 1.807) is 54.6 Å². The Morgan fingerprint density at radius 2 is 1.38 bits per heavy atom. The molecule has 10 nitrogen and oxygen atoms in total. The highest BCUT2D eigenvalue weighted by molar-refractivity contribution is 6.03. The molecule has 1 aliphatic rings. The van der Waals surface area contributed by atoms with Crippen molar-refractivity contribution in [2.24, 2.45) is 0 Å². The van der Waals surface area contributed by atoms with Gasteiger partial charge in [-0.2, -0.15) is 13.8 Å². The van der Waals surface area contributed by atoms with E-state index >= 15 is 8.78 Å². The fourth-order valence-electron chi connectivity index (χ4n) is 4.26. The third-order valence-electron chi connectivity index (χ3n) is 6.34. The zero-order valence-corrected chi connectivity index (χ0v) is 21.8. The van der Waals surface area contributed by atoms with Gasteiger partial charge in [-0.1, -0.05) is 54.6 Å². The number of anilines is 1. The van der Waals surface area contributed by atoms with Gasteiger partial charge in [0.1, 0.15) is 18.5 Å². The van der Waals surface area contributed by atoms with Crippen molar-refractivity contribution < 1.29 is 37.4 Å². The largest absolute Gasteiger partial charge is 0.459 e. The number of amides is 1. The Balaban J connectivity index is 1.39. The molecule has 42 heavy (non-hydrogen) atoms. The Morgan fingerprint density at radius 3 is 1.95 bits per heavy atom. The standard InChI is InChI=1S/C30H23F2N3O7/c31-30(32)24(42-27(38)21-14-8-3-9-15-21)22(18-40-26(37)20-12-6-2-7-13-20)41-28(30)35-17-16-23(34-29(35)39)33-25(36)19-10-4-1-5-11-19/h1-17,22,24,28H,18H2,(H,33,34,36,39)/t22-,24-,28-/m1/s1. The second-order valence-electron chi connectivity index (χ2n) is 9.18. The molecule has 1 aliphatic heterocycles. The van der Waals surface area contributed by atoms with Gasteiger partial charge < -0.3 is 19.5 Å². The zero-order chi connectivity index (χ0) is 29.7. The molecule has 0 bridgehead atoms. The molecule has 214 valence electrons. The minimum atomic E-state index is -3.96. The van der Waals surface area contributed by atoms with Gasteiger partial charge in [-0.25, -0.2) is 14.4 Å². The van der Waals surface area contributed by atoms with Gasteiger partial charge in [0.15, 0.2) is 6.10 Å². The summed E-state index contributed by atoms with van der Waals surface area (Å²) < 4.78 is 48.1. The van der Waals surface area contributed by atoms with Crippen LogP contribution in [-0.2, 0) is 14.2 Å². The summed E-state index contributed by atoms with van der Waals surface area (Å²) >= 11 is 0. The number of nitrogens with zero attached hydrogens (tertiary/aromatic N) is 2. The number of carbonyl (C=O) groups is 3. The van der Waals surface area contributed by atoms with Crippen LogP contribution in [0.25, 0.3) is 0 Å². The Morgan fingerprint density at radius 1 is 0.833 bits per heavy atom. The summed E-state index contributed by atoms with van der Waals surface area (Å²) in [6.45, 7) is -0.708. The van der Waals surface area contributed by atoms with Gasteiger partial charge in [0.2, 0.25) is 6.23 Å². The molecule has 2 heterocycles. The summed E-state index contributed by atoms with van der Waals surface area (Å²) in [5.41, 5.74) is -0.690. The summed E-state index contributed by atoms with van der Waals surface area (Å²) in [5.74, 6) is -6.57. The van der Waals surface area contributed by atoms with Crippen LogP contribution in [0.2, 0.25) is 0 Å². The summed E-state index contributed by atoms with van der Waals surface area (Å²) in [5, 5.41) is 2.43. The maximum absolute atomic E-state index is 15.8. The summed E-state index contributed by atoms with van der Waals surface area (Å²) in [7, 11) is 0. The van der Waals surface area contributed by atoms with Crippen molar-refractivity contribution in [3.63, 3.8) is 0 Å². The van der Waals surface area contributed by atoms with Crippen molar-refractivity contribution in [3.8, 4) is 0 Å². The van der Waals surface area contributed by atoms with Crippen molar-refractivity contribution >= 4 is 23.7 Å². The Kier molecular flexibility index (Phi) is 8.16. The third kappa shape index (κ3) is 6.08. The van der Waals surface area contributed by atoms with Gasteiger partial charge in [-0.3, -0.25) is 9.36 Å². The van der Waals surface area contributed by atoms with Crippen molar-refractivity contribution in [1.29, 1.82) is 0 Å². The maximum Gasteiger partial charge on any atom is 0.351 e. The number of esters is 2. The number of hydrogen-bond acceptors (Lipinski definition) is 8. The van der Waals surface area contributed by atoms with E-state index in [-0.39, 0.29) is 16.9 Å². The second-order valence-corrected chi connectivity index (χ2v) is 9.18. The second kappa shape index (κ2) is 12.1. The Labute approximate surface area is 237 Å². The number of alkyl halides is 2. The quantitative estimate of drug-likeness (QED) is 0.311. The van der Waals surface area contributed by atoms with Gasteiger partial charge in [0.25, 0.3) is 5.91 Å². The molecule has 4 aromatic rings. The number of halogens is 2. The van der Waals surface area contributed by atoms with Crippen LogP contribution >= 0.6 is 0 Å². The first-order valence-electron chi connectivity index (χ1n) is 12.7. The van der Waals surface area contributed by atoms with E-state index in [1.807, 2.05) is 0 Å². The summed E-state index contributed by atoms with van der Waals surface area (Å²) in [4.78, 5) is 54.1. The molecule has 1 aromatic heterocycles. The summed E-state index contributed by atoms with van der Waals surface area (Å²) in [6, 6.07) is 24.6. The number of benzene rings is 3. The average Bonchev–Trinajstić information content (AvgIpc) is 3.25. The molecule has 0 unspecified atom stereocenters. The average molecular weight is 576 g/mol. The van der Waals surface area contributed by atoms with Crippen molar-refractivity contribution in [2.45, 2.75) is 24.4 Å². The number of hydrogen-bond donors (Lipinski definition) is 1. The molecule has 1 amide bonds. The number of nitrogens with one attached hydrogen (secondary N) is 1. The lowest BCUT2D eigenvalue weighted by molar-refractivity contribution is -0.142. The van der Waals surface area contributed by atoms with Crippen LogP contribution < -0.4 is 11.0 Å². The van der Waals surface area contributed by atoms with Crippen LogP contribution in [0.4, 0.5) is 14.6 Å². The fraction of sp³-hybridized carbons (Fsp3) is 0.167. The molecule has 0 spiro atoms. The first-order chi connectivity index (χ1) is 20.2. The molecular weight excluding hydrogens is 552 g/mol. The molecule has 1 N–H and O–H groups in total. The molecule has 0 radical (unpaired) electrons. The molecule has 1 fully saturated rings. The van der Waals surface area contributed by atoms with Gasteiger partial charge in [0, 0.05) is 11.8 Å². The van der Waals surface area contributed by atoms with Crippen LogP contribution in [-0.4, -0.2) is 52.1 Å². The predicted molar refractivity (Wildman–Crippen MR) is 144 cm³/mol.